The third kappa shape index (κ3) is 1.37. The van der Waals surface area contributed by atoms with Crippen molar-refractivity contribution in [2.45, 2.75) is 17.5 Å². The average molecular weight is 127 g/mol. The number of allylic oxidation sites excluding steroid dienone is 1. The van der Waals surface area contributed by atoms with Crippen LogP contribution in [0.3, 0.4) is 0 Å². The van der Waals surface area contributed by atoms with Gasteiger partial charge in [0.1, 0.15) is 5.37 Å². The largest absolute Gasteiger partial charge is 0.278 e. The number of aliphatic imine (C=N–C) groups is 1. The van der Waals surface area contributed by atoms with Gasteiger partial charge in [0.2, 0.25) is 0 Å². The Labute approximate surface area is 53.9 Å². The Bertz CT molecular complexity index is 120. The number of nitrogens with zero attached hydrogens (tertiary/aromatic N) is 1. The standard InChI is InChI=1S/C6H9NS/c1-3-4-7-6-5(2)8-6/h3-6H,1H2,2H3/t5-,6?/m0/s1. The molecule has 1 heterocycles. The maximum atomic E-state index is 4.16. The molecule has 0 aromatic rings. The van der Waals surface area contributed by atoms with Gasteiger partial charge in [-0.1, -0.05) is 19.6 Å². The Balaban J connectivity index is 2.21. The smallest absolute Gasteiger partial charge is 0.107 e. The molecule has 0 aliphatic carbocycles. The number of rotatable bonds is 2. The fraction of sp³-hybridized carbons (Fsp3) is 0.500. The van der Waals surface area contributed by atoms with Crippen LogP contribution in [0.4, 0.5) is 0 Å². The molecule has 0 bridgehead atoms. The molecular formula is C6H9NS. The Kier molecular flexibility index (Phi) is 1.73. The van der Waals surface area contributed by atoms with Crippen LogP contribution < -0.4 is 0 Å². The van der Waals surface area contributed by atoms with Gasteiger partial charge >= 0.3 is 0 Å². The van der Waals surface area contributed by atoms with Crippen LogP contribution in [-0.2, 0) is 0 Å². The summed E-state index contributed by atoms with van der Waals surface area (Å²) in [6, 6.07) is 0. The molecule has 0 amide bonds. The highest BCUT2D eigenvalue weighted by Crippen LogP contribution is 2.41. The molecule has 0 saturated carbocycles. The van der Waals surface area contributed by atoms with Crippen molar-refractivity contribution in [2.75, 3.05) is 0 Å². The van der Waals surface area contributed by atoms with Crippen molar-refractivity contribution in [1.29, 1.82) is 0 Å². The summed E-state index contributed by atoms with van der Waals surface area (Å²) in [7, 11) is 0. The normalized spacial score (nSPS) is 35.6. The lowest BCUT2D eigenvalue weighted by Crippen LogP contribution is -1.81. The highest BCUT2D eigenvalue weighted by atomic mass is 32.2. The lowest BCUT2D eigenvalue weighted by atomic mass is 10.5. The molecule has 1 rings (SSSR count). The maximum absolute atomic E-state index is 4.16. The molecule has 1 saturated heterocycles. The van der Waals surface area contributed by atoms with E-state index < -0.39 is 0 Å². The Morgan fingerprint density at radius 1 is 1.75 bits per heavy atom. The van der Waals surface area contributed by atoms with Gasteiger partial charge < -0.3 is 0 Å². The monoisotopic (exact) mass is 127 g/mol. The van der Waals surface area contributed by atoms with Gasteiger partial charge in [0.05, 0.1) is 0 Å². The van der Waals surface area contributed by atoms with Crippen LogP contribution in [0.2, 0.25) is 0 Å². The van der Waals surface area contributed by atoms with E-state index in [0.717, 1.165) is 5.25 Å². The van der Waals surface area contributed by atoms with Gasteiger partial charge in [0.25, 0.3) is 0 Å². The first-order valence-electron chi connectivity index (χ1n) is 2.64. The summed E-state index contributed by atoms with van der Waals surface area (Å²) in [6.45, 7) is 5.70. The summed E-state index contributed by atoms with van der Waals surface area (Å²) in [4.78, 5) is 4.16. The molecule has 1 fully saturated rings. The maximum Gasteiger partial charge on any atom is 0.107 e. The van der Waals surface area contributed by atoms with Crippen molar-refractivity contribution in [1.82, 2.24) is 0 Å². The molecule has 2 atom stereocenters. The predicted octanol–water partition coefficient (Wildman–Crippen LogP) is 1.70. The van der Waals surface area contributed by atoms with Crippen LogP contribution >= 0.6 is 11.8 Å². The number of hydrogen-bond donors (Lipinski definition) is 0. The third-order valence-electron chi connectivity index (χ3n) is 1.02. The van der Waals surface area contributed by atoms with Crippen LogP contribution in [0.1, 0.15) is 6.92 Å². The highest BCUT2D eigenvalue weighted by Gasteiger charge is 2.32. The first-order valence-corrected chi connectivity index (χ1v) is 3.58. The highest BCUT2D eigenvalue weighted by molar-refractivity contribution is 8.07. The van der Waals surface area contributed by atoms with Crippen LogP contribution in [-0.4, -0.2) is 16.8 Å². The molecule has 0 spiro atoms. The lowest BCUT2D eigenvalue weighted by molar-refractivity contribution is 1.01. The van der Waals surface area contributed by atoms with Gasteiger partial charge in [0, 0.05) is 11.5 Å². The van der Waals surface area contributed by atoms with Crippen molar-refractivity contribution >= 4 is 18.0 Å². The predicted molar refractivity (Wildman–Crippen MR) is 39.5 cm³/mol. The van der Waals surface area contributed by atoms with E-state index >= 15 is 0 Å². The topological polar surface area (TPSA) is 12.4 Å². The minimum Gasteiger partial charge on any atom is -0.278 e. The molecule has 1 aliphatic heterocycles. The molecule has 1 aliphatic rings. The van der Waals surface area contributed by atoms with Crippen molar-refractivity contribution in [2.24, 2.45) is 4.99 Å². The minimum absolute atomic E-state index is 0.535. The fourth-order valence-corrected chi connectivity index (χ4v) is 1.04. The van der Waals surface area contributed by atoms with Crippen molar-refractivity contribution < 1.29 is 0 Å². The van der Waals surface area contributed by atoms with Gasteiger partial charge in [-0.3, -0.25) is 4.99 Å². The molecule has 1 nitrogen and oxygen atoms in total. The van der Waals surface area contributed by atoms with Crippen LogP contribution in [0.25, 0.3) is 0 Å². The van der Waals surface area contributed by atoms with Crippen molar-refractivity contribution in [3.05, 3.63) is 12.7 Å². The molecular weight excluding hydrogens is 118 g/mol. The Hall–Kier alpha value is -0.240. The van der Waals surface area contributed by atoms with Crippen LogP contribution in [0.5, 0.6) is 0 Å². The van der Waals surface area contributed by atoms with Gasteiger partial charge in [0.15, 0.2) is 0 Å². The summed E-state index contributed by atoms with van der Waals surface area (Å²) in [5.41, 5.74) is 0. The summed E-state index contributed by atoms with van der Waals surface area (Å²) >= 11 is 1.89. The molecule has 44 valence electrons. The lowest BCUT2D eigenvalue weighted by Gasteiger charge is -1.75. The zero-order valence-corrected chi connectivity index (χ0v) is 5.69. The van der Waals surface area contributed by atoms with E-state index in [1.54, 1.807) is 12.3 Å². The van der Waals surface area contributed by atoms with E-state index in [1.807, 2.05) is 11.8 Å². The first kappa shape index (κ1) is 5.89. The SMILES string of the molecule is C=CC=NC1S[C@H]1C. The zero-order chi connectivity index (χ0) is 5.98. The van der Waals surface area contributed by atoms with Crippen LogP contribution in [0, 0.1) is 0 Å². The second kappa shape index (κ2) is 2.35. The van der Waals surface area contributed by atoms with Gasteiger partial charge in [-0.25, -0.2) is 0 Å². The zero-order valence-electron chi connectivity index (χ0n) is 4.87. The van der Waals surface area contributed by atoms with Gasteiger partial charge in [-0.05, 0) is 0 Å². The molecule has 1 unspecified atom stereocenters. The molecule has 0 radical (unpaired) electrons. The molecule has 0 aromatic heterocycles. The van der Waals surface area contributed by atoms with Crippen molar-refractivity contribution in [3.8, 4) is 0 Å². The molecule has 0 aromatic carbocycles. The van der Waals surface area contributed by atoms with Gasteiger partial charge in [-0.2, -0.15) is 0 Å². The summed E-state index contributed by atoms with van der Waals surface area (Å²) in [5.74, 6) is 0. The quantitative estimate of drug-likeness (QED) is 0.406. The average Bonchev–Trinajstić information content (AvgIpc) is 2.42. The van der Waals surface area contributed by atoms with Crippen molar-refractivity contribution in [3.63, 3.8) is 0 Å². The minimum atomic E-state index is 0.535. The number of hydrogen-bond acceptors (Lipinski definition) is 2. The Morgan fingerprint density at radius 3 is 2.75 bits per heavy atom. The fourth-order valence-electron chi connectivity index (χ4n) is 0.477. The first-order chi connectivity index (χ1) is 3.84. The molecule has 0 N–H and O–H groups in total. The van der Waals surface area contributed by atoms with Gasteiger partial charge in [-0.15, -0.1) is 11.8 Å². The Morgan fingerprint density at radius 2 is 2.38 bits per heavy atom. The van der Waals surface area contributed by atoms with E-state index in [-0.39, 0.29) is 0 Å². The van der Waals surface area contributed by atoms with E-state index in [4.69, 9.17) is 0 Å². The second-order valence-electron chi connectivity index (χ2n) is 1.77. The van der Waals surface area contributed by atoms with E-state index in [9.17, 15) is 0 Å². The summed E-state index contributed by atoms with van der Waals surface area (Å²) < 4.78 is 0. The van der Waals surface area contributed by atoms with E-state index in [2.05, 4.69) is 18.5 Å². The van der Waals surface area contributed by atoms with E-state index in [0.29, 0.717) is 5.37 Å². The molecule has 8 heavy (non-hydrogen) atoms. The molecule has 2 heteroatoms. The van der Waals surface area contributed by atoms with Crippen LogP contribution in [0.15, 0.2) is 17.6 Å². The summed E-state index contributed by atoms with van der Waals surface area (Å²) in [5, 5.41) is 1.28. The summed E-state index contributed by atoms with van der Waals surface area (Å²) in [6.07, 6.45) is 3.48. The second-order valence-corrected chi connectivity index (χ2v) is 3.26. The van der Waals surface area contributed by atoms with E-state index in [1.165, 1.54) is 0 Å². The number of thioether (sulfide) groups is 1. The third-order valence-corrected chi connectivity index (χ3v) is 2.20.